The van der Waals surface area contributed by atoms with Crippen molar-refractivity contribution in [2.45, 2.75) is 52.5 Å². The number of amides is 1. The van der Waals surface area contributed by atoms with Crippen molar-refractivity contribution in [3.63, 3.8) is 0 Å². The van der Waals surface area contributed by atoms with Crippen LogP contribution in [0.25, 0.3) is 0 Å². The molecular formula is C27H35NO2. The number of nitrogens with zero attached hydrogens (tertiary/aromatic N) is 1. The third-order valence-corrected chi connectivity index (χ3v) is 7.23. The topological polar surface area (TPSA) is 29.5 Å². The van der Waals surface area contributed by atoms with Gasteiger partial charge in [0.2, 0.25) is 5.91 Å². The summed E-state index contributed by atoms with van der Waals surface area (Å²) >= 11 is 0. The standard InChI is InChI=1S/C27H35NO2/c1-20-18-30-19-25(20)23-11-7-10-22(14-23)15-27(2,3)24-12-13-26(29)28(17-24)16-21-8-5-4-6-9-21/h4-11,14,20,24-25H,12-13,15-19H2,1-3H3/t20-,24?,25-/m1/s1. The van der Waals surface area contributed by atoms with E-state index >= 15 is 0 Å². The Labute approximate surface area is 181 Å². The molecule has 0 saturated carbocycles. The van der Waals surface area contributed by atoms with Crippen LogP contribution in [0, 0.1) is 17.3 Å². The van der Waals surface area contributed by atoms with Crippen molar-refractivity contribution in [3.05, 3.63) is 71.3 Å². The minimum absolute atomic E-state index is 0.145. The van der Waals surface area contributed by atoms with E-state index in [0.29, 0.717) is 30.1 Å². The molecule has 0 spiro atoms. The van der Waals surface area contributed by atoms with E-state index in [2.05, 4.69) is 74.2 Å². The normalized spacial score (nSPS) is 25.0. The summed E-state index contributed by atoms with van der Waals surface area (Å²) < 4.78 is 5.69. The van der Waals surface area contributed by atoms with Crippen molar-refractivity contribution >= 4 is 5.91 Å². The number of carbonyl (C=O) groups excluding carboxylic acids is 1. The third-order valence-electron chi connectivity index (χ3n) is 7.23. The van der Waals surface area contributed by atoms with E-state index in [0.717, 1.165) is 39.1 Å². The van der Waals surface area contributed by atoms with E-state index < -0.39 is 0 Å². The van der Waals surface area contributed by atoms with Crippen LogP contribution in [0.2, 0.25) is 0 Å². The van der Waals surface area contributed by atoms with E-state index in [1.165, 1.54) is 16.7 Å². The van der Waals surface area contributed by atoms with Gasteiger partial charge in [-0.05, 0) is 46.8 Å². The molecule has 2 heterocycles. The Morgan fingerprint density at radius 3 is 2.53 bits per heavy atom. The lowest BCUT2D eigenvalue weighted by molar-refractivity contribution is -0.137. The molecule has 2 saturated heterocycles. The molecule has 0 N–H and O–H groups in total. The maximum absolute atomic E-state index is 12.6. The Bertz CT molecular complexity index is 860. The highest BCUT2D eigenvalue weighted by atomic mass is 16.5. The molecule has 3 heteroatoms. The number of piperidine rings is 1. The van der Waals surface area contributed by atoms with Crippen LogP contribution in [0.4, 0.5) is 0 Å². The quantitative estimate of drug-likeness (QED) is 0.640. The Balaban J connectivity index is 1.44. The largest absolute Gasteiger partial charge is 0.381 e. The number of hydrogen-bond donors (Lipinski definition) is 0. The summed E-state index contributed by atoms with van der Waals surface area (Å²) in [4.78, 5) is 14.6. The van der Waals surface area contributed by atoms with Crippen LogP contribution in [-0.2, 0) is 22.5 Å². The van der Waals surface area contributed by atoms with Gasteiger partial charge in [-0.3, -0.25) is 4.79 Å². The fraction of sp³-hybridized carbons (Fsp3) is 0.519. The number of carbonyl (C=O) groups is 1. The predicted octanol–water partition coefficient (Wildman–Crippen LogP) is 5.44. The zero-order valence-electron chi connectivity index (χ0n) is 18.6. The summed E-state index contributed by atoms with van der Waals surface area (Å²) in [7, 11) is 0. The average Bonchev–Trinajstić information content (AvgIpc) is 3.16. The van der Waals surface area contributed by atoms with Gasteiger partial charge in [0.15, 0.2) is 0 Å². The lowest BCUT2D eigenvalue weighted by Gasteiger charge is -2.41. The van der Waals surface area contributed by atoms with E-state index in [1.807, 2.05) is 6.07 Å². The molecule has 0 bridgehead atoms. The van der Waals surface area contributed by atoms with Gasteiger partial charge in [0, 0.05) is 32.0 Å². The fourth-order valence-corrected chi connectivity index (χ4v) is 5.20. The van der Waals surface area contributed by atoms with Crippen molar-refractivity contribution in [1.82, 2.24) is 4.90 Å². The van der Waals surface area contributed by atoms with Gasteiger partial charge in [-0.2, -0.15) is 0 Å². The molecule has 2 aliphatic rings. The van der Waals surface area contributed by atoms with E-state index in [1.54, 1.807) is 0 Å². The zero-order valence-corrected chi connectivity index (χ0v) is 18.6. The molecule has 2 aromatic rings. The molecule has 2 aliphatic heterocycles. The number of hydrogen-bond acceptors (Lipinski definition) is 2. The smallest absolute Gasteiger partial charge is 0.222 e. The SMILES string of the molecule is C[C@@H]1COC[C@H]1c1cccc(CC(C)(C)C2CCC(=O)N(Cc3ccccc3)C2)c1. The molecule has 160 valence electrons. The van der Waals surface area contributed by atoms with Crippen molar-refractivity contribution in [2.75, 3.05) is 19.8 Å². The van der Waals surface area contributed by atoms with E-state index in [9.17, 15) is 4.79 Å². The highest BCUT2D eigenvalue weighted by Gasteiger charge is 2.36. The number of benzene rings is 2. The third kappa shape index (κ3) is 4.78. The summed E-state index contributed by atoms with van der Waals surface area (Å²) in [6.45, 7) is 10.3. The molecule has 3 nitrogen and oxygen atoms in total. The Hall–Kier alpha value is -2.13. The molecule has 2 aromatic carbocycles. The molecule has 0 radical (unpaired) electrons. The maximum Gasteiger partial charge on any atom is 0.222 e. The van der Waals surface area contributed by atoms with Gasteiger partial charge >= 0.3 is 0 Å². The maximum atomic E-state index is 12.6. The lowest BCUT2D eigenvalue weighted by atomic mass is 9.70. The number of ether oxygens (including phenoxy) is 1. The summed E-state index contributed by atoms with van der Waals surface area (Å²) in [5.41, 5.74) is 4.18. The van der Waals surface area contributed by atoms with Gasteiger partial charge in [-0.1, -0.05) is 75.4 Å². The first kappa shape index (κ1) is 21.1. The summed E-state index contributed by atoms with van der Waals surface area (Å²) in [5.74, 6) is 1.91. The first-order valence-electron chi connectivity index (χ1n) is 11.4. The number of rotatable bonds is 6. The van der Waals surface area contributed by atoms with Crippen LogP contribution >= 0.6 is 0 Å². The second-order valence-electron chi connectivity index (χ2n) is 10.0. The van der Waals surface area contributed by atoms with Gasteiger partial charge in [0.1, 0.15) is 0 Å². The lowest BCUT2D eigenvalue weighted by Crippen LogP contribution is -2.44. The van der Waals surface area contributed by atoms with Gasteiger partial charge in [0.05, 0.1) is 6.61 Å². The minimum Gasteiger partial charge on any atom is -0.381 e. The minimum atomic E-state index is 0.145. The van der Waals surface area contributed by atoms with Crippen LogP contribution in [0.5, 0.6) is 0 Å². The van der Waals surface area contributed by atoms with Crippen LogP contribution in [0.15, 0.2) is 54.6 Å². The van der Waals surface area contributed by atoms with Gasteiger partial charge in [0.25, 0.3) is 0 Å². The van der Waals surface area contributed by atoms with Gasteiger partial charge < -0.3 is 9.64 Å². The summed E-state index contributed by atoms with van der Waals surface area (Å²) in [6, 6.07) is 19.5. The molecule has 0 aromatic heterocycles. The van der Waals surface area contributed by atoms with Crippen molar-refractivity contribution in [1.29, 1.82) is 0 Å². The molecule has 0 aliphatic carbocycles. The fourth-order valence-electron chi connectivity index (χ4n) is 5.20. The summed E-state index contributed by atoms with van der Waals surface area (Å²) in [6.07, 6.45) is 2.70. The van der Waals surface area contributed by atoms with E-state index in [-0.39, 0.29) is 5.41 Å². The van der Waals surface area contributed by atoms with E-state index in [4.69, 9.17) is 4.74 Å². The monoisotopic (exact) mass is 405 g/mol. The molecule has 1 unspecified atom stereocenters. The van der Waals surface area contributed by atoms with Crippen molar-refractivity contribution in [3.8, 4) is 0 Å². The first-order chi connectivity index (χ1) is 14.4. The van der Waals surface area contributed by atoms with Gasteiger partial charge in [-0.25, -0.2) is 0 Å². The Kier molecular flexibility index (Phi) is 6.29. The number of likely N-dealkylation sites (tertiary alicyclic amines) is 1. The molecule has 4 rings (SSSR count). The molecule has 3 atom stereocenters. The highest BCUT2D eigenvalue weighted by molar-refractivity contribution is 5.77. The molecule has 1 amide bonds. The van der Waals surface area contributed by atoms with Crippen LogP contribution in [-0.4, -0.2) is 30.6 Å². The summed E-state index contributed by atoms with van der Waals surface area (Å²) in [5, 5.41) is 0. The Morgan fingerprint density at radius 2 is 1.80 bits per heavy atom. The van der Waals surface area contributed by atoms with Crippen LogP contribution < -0.4 is 0 Å². The molecular weight excluding hydrogens is 370 g/mol. The van der Waals surface area contributed by atoms with Crippen molar-refractivity contribution in [2.24, 2.45) is 17.3 Å². The first-order valence-corrected chi connectivity index (χ1v) is 11.4. The predicted molar refractivity (Wildman–Crippen MR) is 121 cm³/mol. The zero-order chi connectivity index (χ0) is 21.1. The van der Waals surface area contributed by atoms with Gasteiger partial charge in [-0.15, -0.1) is 0 Å². The van der Waals surface area contributed by atoms with Crippen LogP contribution in [0.3, 0.4) is 0 Å². The molecule has 30 heavy (non-hydrogen) atoms. The average molecular weight is 406 g/mol. The highest BCUT2D eigenvalue weighted by Crippen LogP contribution is 2.38. The Morgan fingerprint density at radius 1 is 1.03 bits per heavy atom. The second kappa shape index (κ2) is 8.93. The second-order valence-corrected chi connectivity index (χ2v) is 10.0. The molecule has 2 fully saturated rings. The van der Waals surface area contributed by atoms with Crippen molar-refractivity contribution < 1.29 is 9.53 Å². The van der Waals surface area contributed by atoms with Crippen LogP contribution in [0.1, 0.15) is 56.2 Å².